The lowest BCUT2D eigenvalue weighted by molar-refractivity contribution is 0.622. The van der Waals surface area contributed by atoms with E-state index in [9.17, 15) is 8.78 Å². The van der Waals surface area contributed by atoms with E-state index in [0.29, 0.717) is 16.1 Å². The lowest BCUT2D eigenvalue weighted by Crippen LogP contribution is -1.86. The van der Waals surface area contributed by atoms with Gasteiger partial charge in [0.05, 0.1) is 4.88 Å². The van der Waals surface area contributed by atoms with E-state index < -0.39 is 0 Å². The van der Waals surface area contributed by atoms with Gasteiger partial charge in [-0.2, -0.15) is 0 Å². The summed E-state index contributed by atoms with van der Waals surface area (Å²) in [5, 5.41) is 0.630. The molecule has 0 aliphatic heterocycles. The van der Waals surface area contributed by atoms with Gasteiger partial charge in [-0.05, 0) is 36.2 Å². The third-order valence-corrected chi connectivity index (χ3v) is 4.14. The zero-order chi connectivity index (χ0) is 14.1. The topological polar surface area (TPSA) is 12.9 Å². The van der Waals surface area contributed by atoms with Crippen LogP contribution in [0.2, 0.25) is 0 Å². The monoisotopic (exact) mass is 287 g/mol. The minimum absolute atomic E-state index is 0.243. The van der Waals surface area contributed by atoms with Gasteiger partial charge in [0, 0.05) is 11.8 Å². The van der Waals surface area contributed by atoms with Crippen LogP contribution >= 0.6 is 11.3 Å². The first-order valence-corrected chi connectivity index (χ1v) is 6.94. The Morgan fingerprint density at radius 1 is 1.00 bits per heavy atom. The molecule has 3 rings (SSSR count). The number of halogens is 2. The van der Waals surface area contributed by atoms with Gasteiger partial charge in [0.2, 0.25) is 0 Å². The van der Waals surface area contributed by atoms with E-state index in [1.807, 2.05) is 6.07 Å². The summed E-state index contributed by atoms with van der Waals surface area (Å²) < 4.78 is 27.0. The van der Waals surface area contributed by atoms with E-state index >= 15 is 0 Å². The van der Waals surface area contributed by atoms with Crippen molar-refractivity contribution in [3.8, 4) is 21.0 Å². The van der Waals surface area contributed by atoms with Crippen LogP contribution < -0.4 is 0 Å². The first kappa shape index (κ1) is 12.9. The van der Waals surface area contributed by atoms with E-state index in [1.165, 1.54) is 23.5 Å². The van der Waals surface area contributed by atoms with Crippen LogP contribution in [0, 0.1) is 18.6 Å². The third kappa shape index (κ3) is 2.34. The van der Waals surface area contributed by atoms with Crippen molar-refractivity contribution in [3.63, 3.8) is 0 Å². The summed E-state index contributed by atoms with van der Waals surface area (Å²) in [4.78, 5) is 5.16. The third-order valence-electron chi connectivity index (χ3n) is 3.06. The molecule has 0 radical (unpaired) electrons. The molecule has 0 atom stereocenters. The second-order valence-corrected chi connectivity index (χ2v) is 5.50. The Balaban J connectivity index is 2.02. The molecule has 3 aromatic rings. The molecule has 1 aromatic heterocycles. The van der Waals surface area contributed by atoms with Crippen molar-refractivity contribution in [2.24, 2.45) is 0 Å². The number of thiazole rings is 1. The van der Waals surface area contributed by atoms with Gasteiger partial charge in [-0.1, -0.05) is 24.3 Å². The number of benzene rings is 2. The number of hydrogen-bond donors (Lipinski definition) is 0. The minimum Gasteiger partial charge on any atom is -0.244 e. The molecule has 0 amide bonds. The smallest absolute Gasteiger partial charge is 0.136 e. The molecular formula is C16H11F2NS. The van der Waals surface area contributed by atoms with Crippen LogP contribution in [-0.2, 0) is 0 Å². The van der Waals surface area contributed by atoms with Crippen molar-refractivity contribution in [2.75, 3.05) is 0 Å². The molecule has 0 N–H and O–H groups in total. The van der Waals surface area contributed by atoms with Crippen LogP contribution in [-0.4, -0.2) is 4.98 Å². The summed E-state index contributed by atoms with van der Waals surface area (Å²) in [6.07, 6.45) is 1.69. The highest BCUT2D eigenvalue weighted by molar-refractivity contribution is 7.18. The lowest BCUT2D eigenvalue weighted by atomic mass is 10.1. The van der Waals surface area contributed by atoms with Gasteiger partial charge in [0.1, 0.15) is 16.6 Å². The molecule has 2 aromatic carbocycles. The molecule has 1 nitrogen and oxygen atoms in total. The quantitative estimate of drug-likeness (QED) is 0.641. The molecule has 0 spiro atoms. The van der Waals surface area contributed by atoms with Gasteiger partial charge in [0.15, 0.2) is 0 Å². The van der Waals surface area contributed by atoms with Crippen molar-refractivity contribution in [1.82, 2.24) is 4.98 Å². The Morgan fingerprint density at radius 2 is 1.75 bits per heavy atom. The van der Waals surface area contributed by atoms with Gasteiger partial charge < -0.3 is 0 Å². The van der Waals surface area contributed by atoms with E-state index in [-0.39, 0.29) is 11.6 Å². The molecule has 4 heteroatoms. The number of aryl methyl sites for hydroxylation is 1. The summed E-state index contributed by atoms with van der Waals surface area (Å²) >= 11 is 1.39. The molecule has 0 saturated heterocycles. The highest BCUT2D eigenvalue weighted by Crippen LogP contribution is 2.33. The van der Waals surface area contributed by atoms with Crippen LogP contribution in [0.1, 0.15) is 5.56 Å². The van der Waals surface area contributed by atoms with Gasteiger partial charge in [-0.15, -0.1) is 11.3 Å². The van der Waals surface area contributed by atoms with Crippen LogP contribution in [0.25, 0.3) is 21.0 Å². The SMILES string of the molecule is Cc1cccc(-c2ncc(-c3ccc(F)cc3)s2)c1F. The van der Waals surface area contributed by atoms with E-state index in [0.717, 1.165) is 10.4 Å². The fourth-order valence-corrected chi connectivity index (χ4v) is 2.90. The molecule has 1 heterocycles. The normalized spacial score (nSPS) is 10.8. The summed E-state index contributed by atoms with van der Waals surface area (Å²) in [5.41, 5.74) is 1.98. The Hall–Kier alpha value is -2.07. The molecular weight excluding hydrogens is 276 g/mol. The maximum atomic E-state index is 14.1. The summed E-state index contributed by atoms with van der Waals surface area (Å²) in [7, 11) is 0. The zero-order valence-corrected chi connectivity index (χ0v) is 11.5. The average Bonchev–Trinajstić information content (AvgIpc) is 2.92. The minimum atomic E-state index is -0.275. The van der Waals surface area contributed by atoms with Crippen molar-refractivity contribution >= 4 is 11.3 Å². The second kappa shape index (κ2) is 5.13. The number of rotatable bonds is 2. The van der Waals surface area contributed by atoms with Crippen molar-refractivity contribution < 1.29 is 8.78 Å². The molecule has 0 bridgehead atoms. The average molecular weight is 287 g/mol. The Bertz CT molecular complexity index is 747. The van der Waals surface area contributed by atoms with Crippen LogP contribution in [0.5, 0.6) is 0 Å². The summed E-state index contributed by atoms with van der Waals surface area (Å²) in [6.45, 7) is 1.73. The molecule has 100 valence electrons. The first-order valence-electron chi connectivity index (χ1n) is 6.12. The van der Waals surface area contributed by atoms with Crippen molar-refractivity contribution in [3.05, 3.63) is 65.9 Å². The molecule has 0 aliphatic rings. The predicted molar refractivity (Wildman–Crippen MR) is 77.6 cm³/mol. The predicted octanol–water partition coefficient (Wildman–Crippen LogP) is 5.06. The Kier molecular flexibility index (Phi) is 3.32. The van der Waals surface area contributed by atoms with Crippen LogP contribution in [0.15, 0.2) is 48.7 Å². The maximum absolute atomic E-state index is 14.1. The van der Waals surface area contributed by atoms with E-state index in [1.54, 1.807) is 37.4 Å². The lowest BCUT2D eigenvalue weighted by Gasteiger charge is -2.01. The van der Waals surface area contributed by atoms with E-state index in [2.05, 4.69) is 4.98 Å². The fraction of sp³-hybridized carbons (Fsp3) is 0.0625. The Labute approximate surface area is 119 Å². The van der Waals surface area contributed by atoms with Crippen LogP contribution in [0.4, 0.5) is 8.78 Å². The molecule has 0 unspecified atom stereocenters. The number of aromatic nitrogens is 1. The fourth-order valence-electron chi connectivity index (χ4n) is 1.96. The largest absolute Gasteiger partial charge is 0.244 e. The first-order chi connectivity index (χ1) is 9.65. The number of hydrogen-bond acceptors (Lipinski definition) is 2. The molecule has 20 heavy (non-hydrogen) atoms. The van der Waals surface area contributed by atoms with E-state index in [4.69, 9.17) is 0 Å². The van der Waals surface area contributed by atoms with Gasteiger partial charge in [-0.25, -0.2) is 13.8 Å². The standard InChI is InChI=1S/C16H11F2NS/c1-10-3-2-4-13(15(10)18)16-19-9-14(20-16)11-5-7-12(17)8-6-11/h2-9H,1H3. The molecule has 0 aliphatic carbocycles. The highest BCUT2D eigenvalue weighted by Gasteiger charge is 2.12. The maximum Gasteiger partial charge on any atom is 0.136 e. The van der Waals surface area contributed by atoms with Crippen molar-refractivity contribution in [2.45, 2.75) is 6.92 Å². The highest BCUT2D eigenvalue weighted by atomic mass is 32.1. The van der Waals surface area contributed by atoms with Gasteiger partial charge in [-0.3, -0.25) is 0 Å². The zero-order valence-electron chi connectivity index (χ0n) is 10.7. The summed E-state index contributed by atoms with van der Waals surface area (Å²) in [6, 6.07) is 11.5. The molecule has 0 fully saturated rings. The van der Waals surface area contributed by atoms with Gasteiger partial charge in [0.25, 0.3) is 0 Å². The van der Waals surface area contributed by atoms with Crippen LogP contribution in [0.3, 0.4) is 0 Å². The number of nitrogens with zero attached hydrogens (tertiary/aromatic N) is 1. The summed E-state index contributed by atoms with van der Waals surface area (Å²) in [5.74, 6) is -0.518. The Morgan fingerprint density at radius 3 is 2.50 bits per heavy atom. The second-order valence-electron chi connectivity index (χ2n) is 4.47. The van der Waals surface area contributed by atoms with Gasteiger partial charge >= 0.3 is 0 Å². The van der Waals surface area contributed by atoms with Crippen molar-refractivity contribution in [1.29, 1.82) is 0 Å². The molecule has 0 saturated carbocycles.